The molecule has 8 heteroatoms. The molecule has 7 nitrogen and oxygen atoms in total. The van der Waals surface area contributed by atoms with Crippen molar-refractivity contribution in [2.45, 2.75) is 31.3 Å². The highest BCUT2D eigenvalue weighted by Gasteiger charge is 2.22. The largest absolute Gasteiger partial charge is 0.508 e. The highest BCUT2D eigenvalue weighted by molar-refractivity contribution is 7.99. The van der Waals surface area contributed by atoms with E-state index in [2.05, 4.69) is 51.6 Å². The summed E-state index contributed by atoms with van der Waals surface area (Å²) < 4.78 is 2.04. The zero-order chi connectivity index (χ0) is 20.9. The lowest BCUT2D eigenvalue weighted by Crippen LogP contribution is -2.31. The van der Waals surface area contributed by atoms with Crippen LogP contribution in [0.4, 0.5) is 11.6 Å². The van der Waals surface area contributed by atoms with E-state index >= 15 is 0 Å². The molecule has 3 aromatic rings. The van der Waals surface area contributed by atoms with E-state index in [0.29, 0.717) is 10.8 Å². The molecule has 1 aliphatic rings. The van der Waals surface area contributed by atoms with Gasteiger partial charge in [0, 0.05) is 18.8 Å². The number of rotatable bonds is 6. The molecule has 0 saturated carbocycles. The number of phenols is 1. The van der Waals surface area contributed by atoms with Crippen molar-refractivity contribution >= 4 is 29.3 Å². The first-order valence-electron chi connectivity index (χ1n) is 10.1. The Hall–Kier alpha value is -3.00. The summed E-state index contributed by atoms with van der Waals surface area (Å²) in [5, 5.41) is 21.8. The minimum atomic E-state index is -0.135. The van der Waals surface area contributed by atoms with Crippen molar-refractivity contribution < 1.29 is 9.90 Å². The highest BCUT2D eigenvalue weighted by Crippen LogP contribution is 2.28. The topological polar surface area (TPSA) is 83.3 Å². The van der Waals surface area contributed by atoms with Gasteiger partial charge in [0.25, 0.3) is 0 Å². The molecule has 0 bridgehead atoms. The van der Waals surface area contributed by atoms with Crippen molar-refractivity contribution in [2.24, 2.45) is 0 Å². The Morgan fingerprint density at radius 1 is 1.03 bits per heavy atom. The van der Waals surface area contributed by atoms with E-state index < -0.39 is 0 Å². The maximum atomic E-state index is 12.4. The van der Waals surface area contributed by atoms with Crippen molar-refractivity contribution in [3.8, 4) is 11.4 Å². The van der Waals surface area contributed by atoms with Gasteiger partial charge >= 0.3 is 0 Å². The predicted molar refractivity (Wildman–Crippen MR) is 120 cm³/mol. The molecule has 1 saturated heterocycles. The fraction of sp³-hybridized carbons (Fsp3) is 0.318. The fourth-order valence-electron chi connectivity index (χ4n) is 3.45. The Balaban J connectivity index is 1.53. The van der Waals surface area contributed by atoms with Gasteiger partial charge < -0.3 is 15.3 Å². The first-order chi connectivity index (χ1) is 14.6. The van der Waals surface area contributed by atoms with Crippen LogP contribution in [0.1, 0.15) is 24.8 Å². The van der Waals surface area contributed by atoms with Gasteiger partial charge in [0.2, 0.25) is 11.9 Å². The average molecular weight is 424 g/mol. The number of nitrogens with zero attached hydrogens (tertiary/aromatic N) is 4. The Kier molecular flexibility index (Phi) is 6.23. The monoisotopic (exact) mass is 423 g/mol. The summed E-state index contributed by atoms with van der Waals surface area (Å²) in [6.07, 6.45) is 3.55. The number of thioether (sulfide) groups is 1. The van der Waals surface area contributed by atoms with Gasteiger partial charge in [0.05, 0.1) is 11.4 Å². The lowest BCUT2D eigenvalue weighted by Gasteiger charge is -2.27. The van der Waals surface area contributed by atoms with E-state index in [-0.39, 0.29) is 17.4 Å². The molecular formula is C22H25N5O2S. The van der Waals surface area contributed by atoms with E-state index in [1.807, 2.05) is 4.57 Å². The van der Waals surface area contributed by atoms with Crippen LogP contribution in [0.15, 0.2) is 53.7 Å². The van der Waals surface area contributed by atoms with Crippen LogP contribution >= 0.6 is 11.8 Å². The Morgan fingerprint density at radius 3 is 2.43 bits per heavy atom. The summed E-state index contributed by atoms with van der Waals surface area (Å²) in [7, 11) is 0. The standard InChI is InChI=1S/C22H25N5O2S/c1-16-5-9-18(10-6-16)27-21(26-13-3-2-4-14-26)24-25-22(27)30-15-20(29)23-17-7-11-19(28)12-8-17/h5-12,28H,2-4,13-15H2,1H3,(H,23,29). The zero-order valence-corrected chi connectivity index (χ0v) is 17.7. The molecule has 0 spiro atoms. The van der Waals surface area contributed by atoms with Crippen molar-refractivity contribution in [3.05, 3.63) is 54.1 Å². The second-order valence-electron chi connectivity index (χ2n) is 7.38. The number of aromatic hydroxyl groups is 1. The molecule has 4 rings (SSSR count). The molecule has 2 heterocycles. The molecule has 0 unspecified atom stereocenters. The van der Waals surface area contributed by atoms with Gasteiger partial charge in [-0.2, -0.15) is 0 Å². The number of aryl methyl sites for hydroxylation is 1. The zero-order valence-electron chi connectivity index (χ0n) is 16.9. The van der Waals surface area contributed by atoms with Crippen LogP contribution in [0.25, 0.3) is 5.69 Å². The third kappa shape index (κ3) is 4.76. The summed E-state index contributed by atoms with van der Waals surface area (Å²) in [5.74, 6) is 1.08. The number of hydrogen-bond donors (Lipinski definition) is 2. The van der Waals surface area contributed by atoms with Gasteiger partial charge in [0.1, 0.15) is 5.75 Å². The van der Waals surface area contributed by atoms with Crippen LogP contribution in [0.5, 0.6) is 5.75 Å². The number of hydrogen-bond acceptors (Lipinski definition) is 6. The van der Waals surface area contributed by atoms with Crippen molar-refractivity contribution in [1.82, 2.24) is 14.8 Å². The Labute approximate surface area is 180 Å². The highest BCUT2D eigenvalue weighted by atomic mass is 32.2. The van der Waals surface area contributed by atoms with E-state index in [4.69, 9.17) is 0 Å². The van der Waals surface area contributed by atoms with Gasteiger partial charge in [-0.15, -0.1) is 10.2 Å². The van der Waals surface area contributed by atoms with Crippen LogP contribution in [0.2, 0.25) is 0 Å². The van der Waals surface area contributed by atoms with Gasteiger partial charge in [-0.05, 0) is 62.6 Å². The quantitative estimate of drug-likeness (QED) is 0.461. The van der Waals surface area contributed by atoms with E-state index in [1.165, 1.54) is 23.7 Å². The molecule has 0 aliphatic carbocycles. The minimum Gasteiger partial charge on any atom is -0.508 e. The maximum Gasteiger partial charge on any atom is 0.234 e. The number of aromatic nitrogens is 3. The number of piperidine rings is 1. The molecule has 30 heavy (non-hydrogen) atoms. The number of nitrogens with one attached hydrogen (secondary N) is 1. The van der Waals surface area contributed by atoms with Crippen LogP contribution in [0, 0.1) is 6.92 Å². The summed E-state index contributed by atoms with van der Waals surface area (Å²) in [6, 6.07) is 14.7. The number of amides is 1. The number of benzene rings is 2. The SMILES string of the molecule is Cc1ccc(-n2c(SCC(=O)Nc3ccc(O)cc3)nnc2N2CCCCC2)cc1. The van der Waals surface area contributed by atoms with Gasteiger partial charge in [-0.1, -0.05) is 29.5 Å². The molecular weight excluding hydrogens is 398 g/mol. The van der Waals surface area contributed by atoms with Crippen molar-refractivity contribution in [2.75, 3.05) is 29.1 Å². The van der Waals surface area contributed by atoms with E-state index in [9.17, 15) is 9.90 Å². The molecule has 2 N–H and O–H groups in total. The van der Waals surface area contributed by atoms with E-state index in [1.54, 1.807) is 24.3 Å². The van der Waals surface area contributed by atoms with Crippen LogP contribution in [-0.2, 0) is 4.79 Å². The lowest BCUT2D eigenvalue weighted by molar-refractivity contribution is -0.113. The van der Waals surface area contributed by atoms with Crippen LogP contribution in [-0.4, -0.2) is 44.6 Å². The molecule has 1 fully saturated rings. The molecule has 1 aromatic heterocycles. The smallest absolute Gasteiger partial charge is 0.234 e. The predicted octanol–water partition coefficient (Wildman–Crippen LogP) is 4.00. The summed E-state index contributed by atoms with van der Waals surface area (Å²) in [6.45, 7) is 4.00. The fourth-order valence-corrected chi connectivity index (χ4v) is 4.19. The van der Waals surface area contributed by atoms with Crippen molar-refractivity contribution in [3.63, 3.8) is 0 Å². The first kappa shape index (κ1) is 20.3. The number of carbonyl (C=O) groups excluding carboxylic acids is 1. The average Bonchev–Trinajstić information content (AvgIpc) is 3.19. The number of carbonyl (C=O) groups is 1. The first-order valence-corrected chi connectivity index (χ1v) is 11.1. The second-order valence-corrected chi connectivity index (χ2v) is 8.33. The summed E-state index contributed by atoms with van der Waals surface area (Å²) in [4.78, 5) is 14.7. The second kappa shape index (κ2) is 9.21. The van der Waals surface area contributed by atoms with Crippen LogP contribution < -0.4 is 10.2 Å². The summed E-state index contributed by atoms with van der Waals surface area (Å²) >= 11 is 1.36. The van der Waals surface area contributed by atoms with Gasteiger partial charge in [-0.3, -0.25) is 9.36 Å². The van der Waals surface area contributed by atoms with Crippen LogP contribution in [0.3, 0.4) is 0 Å². The maximum absolute atomic E-state index is 12.4. The third-order valence-electron chi connectivity index (χ3n) is 5.03. The number of phenolic OH excluding ortho intramolecular Hbond substituents is 1. The van der Waals surface area contributed by atoms with Gasteiger partial charge in [-0.25, -0.2) is 0 Å². The third-order valence-corrected chi connectivity index (χ3v) is 5.96. The Morgan fingerprint density at radius 2 is 1.73 bits per heavy atom. The molecule has 0 atom stereocenters. The molecule has 2 aromatic carbocycles. The molecule has 1 amide bonds. The molecule has 1 aliphatic heterocycles. The number of anilines is 2. The lowest BCUT2D eigenvalue weighted by atomic mass is 10.1. The normalized spacial score (nSPS) is 14.0. The van der Waals surface area contributed by atoms with Crippen molar-refractivity contribution in [1.29, 1.82) is 0 Å². The molecule has 0 radical (unpaired) electrons. The van der Waals surface area contributed by atoms with E-state index in [0.717, 1.165) is 37.6 Å². The molecule has 156 valence electrons. The Bertz CT molecular complexity index is 995. The summed E-state index contributed by atoms with van der Waals surface area (Å²) in [5.41, 5.74) is 2.83. The van der Waals surface area contributed by atoms with Gasteiger partial charge in [0.15, 0.2) is 5.16 Å². The minimum absolute atomic E-state index is 0.135.